The molecule has 1 aliphatic rings. The first-order valence-electron chi connectivity index (χ1n) is 4.77. The van der Waals surface area contributed by atoms with E-state index in [9.17, 15) is 5.11 Å². The zero-order valence-electron chi connectivity index (χ0n) is 7.74. The summed E-state index contributed by atoms with van der Waals surface area (Å²) in [6.07, 6.45) is 3.00. The van der Waals surface area contributed by atoms with Gasteiger partial charge in [0.1, 0.15) is 0 Å². The molecule has 1 atom stereocenters. The topological polar surface area (TPSA) is 23.5 Å². The van der Waals surface area contributed by atoms with Gasteiger partial charge >= 0.3 is 0 Å². The van der Waals surface area contributed by atoms with Gasteiger partial charge in [-0.05, 0) is 25.8 Å². The molecule has 1 fully saturated rings. The maximum Gasteiger partial charge on any atom is 0.0564 e. The molecule has 1 N–H and O–H groups in total. The molecule has 0 spiro atoms. The zero-order valence-corrected chi connectivity index (χ0v) is 8.63. The molecule has 0 amide bonds. The number of rotatable bonds is 3. The molecule has 1 aliphatic heterocycles. The third kappa shape index (κ3) is 3.78. The summed E-state index contributed by atoms with van der Waals surface area (Å²) in [5, 5.41) is 9.76. The van der Waals surface area contributed by atoms with E-state index in [2.05, 4.69) is 24.5 Å². The zero-order chi connectivity index (χ0) is 8.97. The molecule has 0 aromatic heterocycles. The van der Waals surface area contributed by atoms with E-state index in [0.717, 1.165) is 38.9 Å². The van der Waals surface area contributed by atoms with Crippen molar-refractivity contribution in [2.75, 3.05) is 19.6 Å². The van der Waals surface area contributed by atoms with Crippen LogP contribution in [0.5, 0.6) is 0 Å². The van der Waals surface area contributed by atoms with Gasteiger partial charge in [0.2, 0.25) is 0 Å². The summed E-state index contributed by atoms with van der Waals surface area (Å²) in [6.45, 7) is 5.38. The van der Waals surface area contributed by atoms with Gasteiger partial charge in [0.25, 0.3) is 0 Å². The van der Waals surface area contributed by atoms with Crippen LogP contribution < -0.4 is 0 Å². The lowest BCUT2D eigenvalue weighted by molar-refractivity contribution is 0.0822. The molecule has 0 aliphatic carbocycles. The number of hydrogen-bond donors (Lipinski definition) is 2. The number of nitrogens with zero attached hydrogens (tertiary/aromatic N) is 1. The summed E-state index contributed by atoms with van der Waals surface area (Å²) in [5.74, 6) is 0. The molecule has 1 unspecified atom stereocenters. The third-order valence-electron chi connectivity index (χ3n) is 2.42. The van der Waals surface area contributed by atoms with Crippen LogP contribution in [0.3, 0.4) is 0 Å². The Morgan fingerprint density at radius 2 is 2.08 bits per heavy atom. The number of likely N-dealkylation sites (tertiary alicyclic amines) is 1. The average Bonchev–Trinajstić information content (AvgIpc) is 2.03. The third-order valence-corrected chi connectivity index (χ3v) is 2.68. The first kappa shape index (κ1) is 10.4. The van der Waals surface area contributed by atoms with Crippen molar-refractivity contribution in [1.29, 1.82) is 0 Å². The molecule has 72 valence electrons. The van der Waals surface area contributed by atoms with Crippen molar-refractivity contribution in [1.82, 2.24) is 4.90 Å². The maximum atomic E-state index is 9.26. The van der Waals surface area contributed by atoms with Crippen molar-refractivity contribution in [3.8, 4) is 0 Å². The van der Waals surface area contributed by atoms with Crippen LogP contribution in [0.2, 0.25) is 0 Å². The van der Waals surface area contributed by atoms with Crippen LogP contribution in [-0.4, -0.2) is 41.0 Å². The van der Waals surface area contributed by atoms with Crippen molar-refractivity contribution in [2.45, 2.75) is 37.5 Å². The molecule has 1 rings (SSSR count). The van der Waals surface area contributed by atoms with E-state index in [1.807, 2.05) is 0 Å². The van der Waals surface area contributed by atoms with Gasteiger partial charge in [0, 0.05) is 18.3 Å². The lowest BCUT2D eigenvalue weighted by Crippen LogP contribution is -2.36. The number of aliphatic hydroxyl groups excluding tert-OH is 1. The maximum absolute atomic E-state index is 9.26. The van der Waals surface area contributed by atoms with Crippen LogP contribution in [0.15, 0.2) is 0 Å². The van der Waals surface area contributed by atoms with E-state index in [1.165, 1.54) is 0 Å². The molecule has 1 heterocycles. The summed E-state index contributed by atoms with van der Waals surface area (Å²) >= 11 is 4.34. The molecular weight excluding hydrogens is 170 g/mol. The number of piperidine rings is 1. The van der Waals surface area contributed by atoms with Gasteiger partial charge in [-0.25, -0.2) is 0 Å². The highest BCUT2D eigenvalue weighted by molar-refractivity contribution is 7.80. The van der Waals surface area contributed by atoms with Crippen LogP contribution in [0.25, 0.3) is 0 Å². The molecular formula is C9H19NOS. The monoisotopic (exact) mass is 189 g/mol. The summed E-state index contributed by atoms with van der Waals surface area (Å²) < 4.78 is 0. The summed E-state index contributed by atoms with van der Waals surface area (Å²) in [6, 6.07) is 0. The number of hydrogen-bond acceptors (Lipinski definition) is 3. The largest absolute Gasteiger partial charge is 0.393 e. The highest BCUT2D eigenvalue weighted by atomic mass is 32.1. The Hall–Kier alpha value is 0.270. The van der Waals surface area contributed by atoms with Crippen LogP contribution in [0.4, 0.5) is 0 Å². The standard InChI is InChI=1S/C9H19NOS/c1-8(12)2-5-10-6-3-9(11)4-7-10/h8-9,11-12H,2-7H2,1H3. The minimum atomic E-state index is -0.0466. The normalized spacial score (nSPS) is 24.2. The van der Waals surface area contributed by atoms with E-state index in [0.29, 0.717) is 5.25 Å². The molecule has 0 radical (unpaired) electrons. The predicted octanol–water partition coefficient (Wildman–Crippen LogP) is 1.15. The lowest BCUT2D eigenvalue weighted by Gasteiger charge is -2.29. The van der Waals surface area contributed by atoms with Crippen molar-refractivity contribution in [3.63, 3.8) is 0 Å². The van der Waals surface area contributed by atoms with Crippen LogP contribution in [0.1, 0.15) is 26.2 Å². The average molecular weight is 189 g/mol. The minimum absolute atomic E-state index is 0.0466. The Kier molecular flexibility index (Phi) is 4.40. The van der Waals surface area contributed by atoms with Gasteiger partial charge in [-0.3, -0.25) is 0 Å². The SMILES string of the molecule is CC(S)CCN1CCC(O)CC1. The summed E-state index contributed by atoms with van der Waals surface area (Å²) in [5.41, 5.74) is 0. The van der Waals surface area contributed by atoms with Crippen molar-refractivity contribution < 1.29 is 5.11 Å². The highest BCUT2D eigenvalue weighted by Gasteiger charge is 2.16. The van der Waals surface area contributed by atoms with Gasteiger partial charge in [0.05, 0.1) is 6.10 Å². The van der Waals surface area contributed by atoms with E-state index < -0.39 is 0 Å². The van der Waals surface area contributed by atoms with Crippen molar-refractivity contribution >= 4 is 12.6 Å². The van der Waals surface area contributed by atoms with Gasteiger partial charge in [-0.15, -0.1) is 0 Å². The minimum Gasteiger partial charge on any atom is -0.393 e. The fourth-order valence-electron chi connectivity index (χ4n) is 1.51. The molecule has 1 saturated heterocycles. The molecule has 0 saturated carbocycles. The predicted molar refractivity (Wildman–Crippen MR) is 54.7 cm³/mol. The number of aliphatic hydroxyl groups is 1. The van der Waals surface area contributed by atoms with Crippen LogP contribution >= 0.6 is 12.6 Å². The smallest absolute Gasteiger partial charge is 0.0564 e. The first-order chi connectivity index (χ1) is 5.68. The Morgan fingerprint density at radius 3 is 2.58 bits per heavy atom. The second-order valence-corrected chi connectivity index (χ2v) is 4.59. The van der Waals surface area contributed by atoms with Gasteiger partial charge in [0.15, 0.2) is 0 Å². The summed E-state index contributed by atoms with van der Waals surface area (Å²) in [7, 11) is 0. The quantitative estimate of drug-likeness (QED) is 0.651. The molecule has 2 nitrogen and oxygen atoms in total. The van der Waals surface area contributed by atoms with E-state index >= 15 is 0 Å². The van der Waals surface area contributed by atoms with Crippen LogP contribution in [0, 0.1) is 0 Å². The Bertz CT molecular complexity index is 122. The highest BCUT2D eigenvalue weighted by Crippen LogP contribution is 2.11. The van der Waals surface area contributed by atoms with Gasteiger partial charge in [-0.1, -0.05) is 6.92 Å². The fraction of sp³-hybridized carbons (Fsp3) is 1.00. The van der Waals surface area contributed by atoms with Gasteiger partial charge in [-0.2, -0.15) is 12.6 Å². The Labute approximate surface area is 80.4 Å². The molecule has 3 heteroatoms. The molecule has 0 aromatic rings. The van der Waals surface area contributed by atoms with Crippen molar-refractivity contribution in [3.05, 3.63) is 0 Å². The fourth-order valence-corrected chi connectivity index (χ4v) is 1.63. The van der Waals surface area contributed by atoms with Crippen molar-refractivity contribution in [2.24, 2.45) is 0 Å². The lowest BCUT2D eigenvalue weighted by atomic mass is 10.1. The first-order valence-corrected chi connectivity index (χ1v) is 5.28. The van der Waals surface area contributed by atoms with Crippen LogP contribution in [-0.2, 0) is 0 Å². The number of thiol groups is 1. The second-order valence-electron chi connectivity index (χ2n) is 3.71. The second kappa shape index (κ2) is 5.10. The van der Waals surface area contributed by atoms with E-state index in [4.69, 9.17) is 0 Å². The van der Waals surface area contributed by atoms with E-state index in [-0.39, 0.29) is 6.10 Å². The van der Waals surface area contributed by atoms with E-state index in [1.54, 1.807) is 0 Å². The molecule has 12 heavy (non-hydrogen) atoms. The molecule has 0 bridgehead atoms. The molecule has 0 aromatic carbocycles. The van der Waals surface area contributed by atoms with Gasteiger partial charge < -0.3 is 10.0 Å². The summed E-state index contributed by atoms with van der Waals surface area (Å²) in [4.78, 5) is 2.42. The Balaban J connectivity index is 2.09. The Morgan fingerprint density at radius 1 is 1.50 bits per heavy atom.